The predicted molar refractivity (Wildman–Crippen MR) is 149 cm³/mol. The van der Waals surface area contributed by atoms with E-state index in [1.165, 1.54) is 10.6 Å². The number of hydrogen-bond acceptors (Lipinski definition) is 6. The molecule has 6 heterocycles. The van der Waals surface area contributed by atoms with E-state index in [0.717, 1.165) is 35.0 Å². The summed E-state index contributed by atoms with van der Waals surface area (Å²) in [7, 11) is 0. The molecule has 0 radical (unpaired) electrons. The summed E-state index contributed by atoms with van der Waals surface area (Å²) >= 11 is 0. The Kier molecular flexibility index (Phi) is 5.20. The molecule has 2 aliphatic heterocycles. The van der Waals surface area contributed by atoms with Crippen LogP contribution in [0.2, 0.25) is 0 Å². The number of nitrogens with one attached hydrogen (secondary N) is 2. The Hall–Kier alpha value is -4.77. The van der Waals surface area contributed by atoms with Gasteiger partial charge in [0.1, 0.15) is 5.69 Å². The fourth-order valence-corrected chi connectivity index (χ4v) is 6.34. The highest BCUT2D eigenvalue weighted by Gasteiger charge is 2.40. The van der Waals surface area contributed by atoms with E-state index in [-0.39, 0.29) is 11.6 Å². The molecule has 0 aliphatic carbocycles. The quantitative estimate of drug-likeness (QED) is 0.297. The number of aromatic nitrogens is 6. The molecule has 2 N–H and O–H groups in total. The molecule has 8 rings (SSSR count). The van der Waals surface area contributed by atoms with Crippen molar-refractivity contribution in [1.29, 1.82) is 0 Å². The van der Waals surface area contributed by atoms with Gasteiger partial charge in [-0.05, 0) is 48.4 Å². The van der Waals surface area contributed by atoms with E-state index in [1.807, 2.05) is 30.3 Å². The first kappa shape index (κ1) is 24.1. The van der Waals surface area contributed by atoms with Gasteiger partial charge < -0.3 is 10.2 Å². The normalized spacial score (nSPS) is 18.7. The van der Waals surface area contributed by atoms with E-state index in [1.54, 1.807) is 43.0 Å². The van der Waals surface area contributed by atoms with Gasteiger partial charge in [-0.25, -0.2) is 9.50 Å². The van der Waals surface area contributed by atoms with Crippen LogP contribution in [0.1, 0.15) is 12.0 Å². The zero-order valence-corrected chi connectivity index (χ0v) is 21.6. The van der Waals surface area contributed by atoms with Crippen molar-refractivity contribution in [1.82, 2.24) is 35.1 Å². The maximum atomic E-state index is 14.6. The zero-order valence-electron chi connectivity index (χ0n) is 21.6. The van der Waals surface area contributed by atoms with Crippen molar-refractivity contribution in [2.75, 3.05) is 18.0 Å². The Labute approximate surface area is 231 Å². The van der Waals surface area contributed by atoms with Crippen molar-refractivity contribution in [3.05, 3.63) is 84.9 Å². The van der Waals surface area contributed by atoms with Gasteiger partial charge >= 0.3 is 6.18 Å². The lowest BCUT2D eigenvalue weighted by Crippen LogP contribution is -2.43. The molecule has 204 valence electrons. The van der Waals surface area contributed by atoms with Gasteiger partial charge in [0, 0.05) is 66.0 Å². The first-order chi connectivity index (χ1) is 20.0. The lowest BCUT2D eigenvalue weighted by molar-refractivity contribution is -0.137. The van der Waals surface area contributed by atoms with Gasteiger partial charge in [-0.3, -0.25) is 10.1 Å². The summed E-state index contributed by atoms with van der Waals surface area (Å²) in [6.07, 6.45) is 2.99. The van der Waals surface area contributed by atoms with Crippen molar-refractivity contribution in [2.24, 2.45) is 0 Å². The Morgan fingerprint density at radius 1 is 0.951 bits per heavy atom. The third-order valence-corrected chi connectivity index (χ3v) is 8.20. The molecule has 11 heteroatoms. The van der Waals surface area contributed by atoms with Crippen LogP contribution in [-0.4, -0.2) is 55.0 Å². The summed E-state index contributed by atoms with van der Waals surface area (Å²) in [6.45, 7) is 1.49. The number of H-pyrrole nitrogens is 1. The van der Waals surface area contributed by atoms with Crippen LogP contribution in [0.3, 0.4) is 0 Å². The average Bonchev–Trinajstić information content (AvgIpc) is 3.80. The summed E-state index contributed by atoms with van der Waals surface area (Å²) in [6, 6.07) is 16.2. The molecule has 2 unspecified atom stereocenters. The standard InChI is InChI=1S/C30H23F3N8/c31-30(32,33)24-13-19(40-16-18-12-20(40)14-36-18)4-5-22(24)26-8-11-35-29-27(21-2-1-3-25-23(21)15-37-38-25)28(39-41(26)29)17-6-9-34-10-7-17/h1-11,13,15,18,20,36H,12,14,16H2,(H,37,38). The maximum absolute atomic E-state index is 14.6. The van der Waals surface area contributed by atoms with E-state index >= 15 is 0 Å². The maximum Gasteiger partial charge on any atom is 0.417 e. The largest absolute Gasteiger partial charge is 0.417 e. The Balaban J connectivity index is 1.37. The lowest BCUT2D eigenvalue weighted by Gasteiger charge is -2.30. The van der Waals surface area contributed by atoms with Crippen LogP contribution in [0.5, 0.6) is 0 Å². The van der Waals surface area contributed by atoms with E-state index in [9.17, 15) is 13.2 Å². The third kappa shape index (κ3) is 3.80. The first-order valence-corrected chi connectivity index (χ1v) is 13.4. The highest BCUT2D eigenvalue weighted by molar-refractivity contribution is 6.03. The van der Waals surface area contributed by atoms with E-state index in [0.29, 0.717) is 40.9 Å². The predicted octanol–water partition coefficient (Wildman–Crippen LogP) is 5.57. The van der Waals surface area contributed by atoms with E-state index in [4.69, 9.17) is 5.10 Å². The molecule has 0 saturated carbocycles. The number of halogens is 3. The van der Waals surface area contributed by atoms with Crippen LogP contribution in [0, 0.1) is 0 Å². The first-order valence-electron chi connectivity index (χ1n) is 13.4. The molecule has 2 aromatic carbocycles. The van der Waals surface area contributed by atoms with Gasteiger partial charge in [0.25, 0.3) is 0 Å². The molecule has 4 aromatic heterocycles. The summed E-state index contributed by atoms with van der Waals surface area (Å²) in [5.41, 5.74) is 4.42. The van der Waals surface area contributed by atoms with Gasteiger partial charge in [0.15, 0.2) is 5.65 Å². The second-order valence-corrected chi connectivity index (χ2v) is 10.5. The minimum atomic E-state index is -4.57. The number of alkyl halides is 3. The monoisotopic (exact) mass is 552 g/mol. The van der Waals surface area contributed by atoms with Gasteiger partial charge in [-0.15, -0.1) is 0 Å². The van der Waals surface area contributed by atoms with Crippen molar-refractivity contribution in [3.8, 4) is 33.6 Å². The zero-order chi connectivity index (χ0) is 27.7. The topological polar surface area (TPSA) is 87.0 Å². The molecule has 2 atom stereocenters. The average molecular weight is 553 g/mol. The number of benzene rings is 2. The van der Waals surface area contributed by atoms with Crippen LogP contribution >= 0.6 is 0 Å². The molecule has 0 spiro atoms. The minimum absolute atomic E-state index is 0.0491. The molecule has 2 fully saturated rings. The van der Waals surface area contributed by atoms with Crippen LogP contribution in [0.4, 0.5) is 18.9 Å². The minimum Gasteiger partial charge on any atom is -0.366 e. The molecule has 41 heavy (non-hydrogen) atoms. The number of pyridine rings is 1. The molecule has 0 amide bonds. The second-order valence-electron chi connectivity index (χ2n) is 10.5. The summed E-state index contributed by atoms with van der Waals surface area (Å²) in [4.78, 5) is 10.9. The fourth-order valence-electron chi connectivity index (χ4n) is 6.34. The van der Waals surface area contributed by atoms with Crippen molar-refractivity contribution in [3.63, 3.8) is 0 Å². The fraction of sp³-hybridized carbons (Fsp3) is 0.200. The number of hydrogen-bond donors (Lipinski definition) is 2. The number of anilines is 1. The number of fused-ring (bicyclic) bond motifs is 4. The summed E-state index contributed by atoms with van der Waals surface area (Å²) < 4.78 is 45.5. The second kappa shape index (κ2) is 8.87. The van der Waals surface area contributed by atoms with Crippen molar-refractivity contribution < 1.29 is 13.2 Å². The molecule has 2 saturated heterocycles. The van der Waals surface area contributed by atoms with Crippen LogP contribution in [0.25, 0.3) is 50.2 Å². The molecular weight excluding hydrogens is 529 g/mol. The van der Waals surface area contributed by atoms with Crippen molar-refractivity contribution in [2.45, 2.75) is 24.7 Å². The smallest absolute Gasteiger partial charge is 0.366 e. The Morgan fingerprint density at radius 2 is 1.83 bits per heavy atom. The van der Waals surface area contributed by atoms with Crippen LogP contribution in [-0.2, 0) is 6.18 Å². The molecule has 6 aromatic rings. The van der Waals surface area contributed by atoms with Gasteiger partial charge in [0.2, 0.25) is 0 Å². The lowest BCUT2D eigenvalue weighted by atomic mass is 9.98. The molecular formula is C30H23F3N8. The Morgan fingerprint density at radius 3 is 2.61 bits per heavy atom. The summed E-state index contributed by atoms with van der Waals surface area (Å²) in [5, 5.41) is 16.3. The number of aromatic amines is 1. The van der Waals surface area contributed by atoms with Crippen LogP contribution < -0.4 is 10.2 Å². The SMILES string of the molecule is FC(F)(F)c1cc(N2CC3CC2CN3)ccc1-c1ccnc2c(-c3cccc4[nH]ncc34)c(-c3ccncc3)nn12. The van der Waals surface area contributed by atoms with E-state index in [2.05, 4.69) is 30.4 Å². The third-order valence-electron chi connectivity index (χ3n) is 8.20. The molecule has 2 aliphatic rings. The van der Waals surface area contributed by atoms with Gasteiger partial charge in [-0.2, -0.15) is 23.4 Å². The van der Waals surface area contributed by atoms with Gasteiger partial charge in [0.05, 0.1) is 28.5 Å². The number of nitrogens with zero attached hydrogens (tertiary/aromatic N) is 6. The van der Waals surface area contributed by atoms with Crippen molar-refractivity contribution >= 4 is 22.2 Å². The Bertz CT molecular complexity index is 1930. The summed E-state index contributed by atoms with van der Waals surface area (Å²) in [5.74, 6) is 0. The van der Waals surface area contributed by atoms with Gasteiger partial charge in [-0.1, -0.05) is 18.2 Å². The highest BCUT2D eigenvalue weighted by Crippen LogP contribution is 2.43. The number of piperazine rings is 1. The van der Waals surface area contributed by atoms with E-state index < -0.39 is 11.7 Å². The highest BCUT2D eigenvalue weighted by atomic mass is 19.4. The molecule has 8 nitrogen and oxygen atoms in total. The molecule has 2 bridgehead atoms. The van der Waals surface area contributed by atoms with Crippen LogP contribution in [0.15, 0.2) is 79.4 Å². The number of rotatable bonds is 4.